The van der Waals surface area contributed by atoms with E-state index in [4.69, 9.17) is 5.73 Å². The first-order valence-electron chi connectivity index (χ1n) is 11.4. The monoisotopic (exact) mass is 519 g/mol. The van der Waals surface area contributed by atoms with E-state index < -0.39 is 33.5 Å². The summed E-state index contributed by atoms with van der Waals surface area (Å²) in [6.45, 7) is 1.60. The number of nitrogens with two attached hydrogens (primary N) is 1. The molecule has 0 saturated heterocycles. The first-order chi connectivity index (χ1) is 18.7. The van der Waals surface area contributed by atoms with Crippen molar-refractivity contribution in [3.8, 4) is 11.8 Å². The number of para-hydroxylation sites is 1. The van der Waals surface area contributed by atoms with Gasteiger partial charge in [-0.15, -0.1) is 10.2 Å². The molecule has 1 aliphatic rings. The molecule has 0 aliphatic heterocycles. The van der Waals surface area contributed by atoms with Gasteiger partial charge in [0.05, 0.1) is 27.3 Å². The number of nitro benzene ring substituents is 1. The van der Waals surface area contributed by atoms with Gasteiger partial charge in [-0.3, -0.25) is 19.7 Å². The summed E-state index contributed by atoms with van der Waals surface area (Å²) in [6, 6.07) is 17.3. The minimum absolute atomic E-state index is 0.0462. The SMILES string of the molecule is Cc1c(C#N)c(Nc2ccccc2)nc(N)c1N=Nc1ccc([N+](=O)[O-])c2c1C(=O)c1cccc(O)c1C2=O. The average Bonchev–Trinajstić information content (AvgIpc) is 2.91. The molecular weight excluding hydrogens is 502 g/mol. The van der Waals surface area contributed by atoms with Crippen LogP contribution in [0.15, 0.2) is 70.9 Å². The lowest BCUT2D eigenvalue weighted by Crippen LogP contribution is -2.22. The van der Waals surface area contributed by atoms with E-state index in [1.165, 1.54) is 24.3 Å². The van der Waals surface area contributed by atoms with E-state index in [1.807, 2.05) is 18.2 Å². The molecule has 5 rings (SSSR count). The van der Waals surface area contributed by atoms with Crippen LogP contribution in [-0.2, 0) is 0 Å². The highest BCUT2D eigenvalue weighted by Gasteiger charge is 2.39. The van der Waals surface area contributed by atoms with Crippen LogP contribution in [0.3, 0.4) is 0 Å². The Bertz CT molecular complexity index is 1790. The molecule has 39 heavy (non-hydrogen) atoms. The van der Waals surface area contributed by atoms with E-state index in [0.29, 0.717) is 11.3 Å². The number of hydrogen-bond acceptors (Lipinski definition) is 11. The number of rotatable bonds is 5. The van der Waals surface area contributed by atoms with Crippen molar-refractivity contribution in [2.45, 2.75) is 6.92 Å². The van der Waals surface area contributed by atoms with E-state index in [2.05, 4.69) is 26.6 Å². The van der Waals surface area contributed by atoms with Crippen LogP contribution in [0.5, 0.6) is 5.75 Å². The molecule has 0 saturated carbocycles. The number of nitrogens with zero attached hydrogens (tertiary/aromatic N) is 5. The molecule has 12 nitrogen and oxygen atoms in total. The number of phenolic OH excluding ortho intramolecular Hbond substituents is 1. The fourth-order valence-electron chi connectivity index (χ4n) is 4.34. The molecule has 1 heterocycles. The van der Waals surface area contributed by atoms with Gasteiger partial charge in [0, 0.05) is 22.9 Å². The molecule has 0 amide bonds. The highest BCUT2D eigenvalue weighted by molar-refractivity contribution is 6.32. The van der Waals surface area contributed by atoms with Crippen LogP contribution in [0.4, 0.5) is 34.4 Å². The van der Waals surface area contributed by atoms with Crippen LogP contribution in [0.1, 0.15) is 43.0 Å². The van der Waals surface area contributed by atoms with Crippen LogP contribution in [0.2, 0.25) is 0 Å². The molecule has 1 aromatic heterocycles. The number of carbonyl (C=O) groups excluding carboxylic acids is 2. The van der Waals surface area contributed by atoms with Gasteiger partial charge in [0.25, 0.3) is 5.69 Å². The molecule has 12 heteroatoms. The highest BCUT2D eigenvalue weighted by Crippen LogP contribution is 2.42. The van der Waals surface area contributed by atoms with Crippen LogP contribution in [0.25, 0.3) is 0 Å². The molecule has 190 valence electrons. The van der Waals surface area contributed by atoms with Crippen molar-refractivity contribution in [2.75, 3.05) is 11.1 Å². The fraction of sp³-hybridized carbons (Fsp3) is 0.0370. The zero-order valence-electron chi connectivity index (χ0n) is 20.2. The van der Waals surface area contributed by atoms with Gasteiger partial charge >= 0.3 is 0 Å². The Labute approximate surface area is 220 Å². The molecule has 4 aromatic rings. The number of azo groups is 1. The largest absolute Gasteiger partial charge is 0.507 e. The van der Waals surface area contributed by atoms with Crippen LogP contribution < -0.4 is 11.1 Å². The van der Waals surface area contributed by atoms with Gasteiger partial charge in [-0.05, 0) is 31.2 Å². The number of phenols is 1. The minimum Gasteiger partial charge on any atom is -0.507 e. The summed E-state index contributed by atoms with van der Waals surface area (Å²) < 4.78 is 0. The maximum atomic E-state index is 13.4. The topological polar surface area (TPSA) is 197 Å². The number of aromatic hydroxyl groups is 1. The second-order valence-electron chi connectivity index (χ2n) is 8.47. The van der Waals surface area contributed by atoms with Crippen molar-refractivity contribution >= 4 is 46.0 Å². The number of carbonyl (C=O) groups is 2. The zero-order valence-corrected chi connectivity index (χ0v) is 20.2. The molecule has 3 aromatic carbocycles. The van der Waals surface area contributed by atoms with E-state index in [-0.39, 0.29) is 45.3 Å². The summed E-state index contributed by atoms with van der Waals surface area (Å²) >= 11 is 0. The summed E-state index contributed by atoms with van der Waals surface area (Å²) in [6.07, 6.45) is 0. The van der Waals surface area contributed by atoms with E-state index in [1.54, 1.807) is 19.1 Å². The highest BCUT2D eigenvalue weighted by atomic mass is 16.6. The number of nitrogens with one attached hydrogen (secondary N) is 1. The third kappa shape index (κ3) is 4.09. The molecule has 0 unspecified atom stereocenters. The van der Waals surface area contributed by atoms with Crippen LogP contribution >= 0.6 is 0 Å². The summed E-state index contributed by atoms with van der Waals surface area (Å²) in [5.74, 6) is -1.96. The lowest BCUT2D eigenvalue weighted by Gasteiger charge is -2.19. The maximum Gasteiger partial charge on any atom is 0.281 e. The van der Waals surface area contributed by atoms with Gasteiger partial charge in [-0.1, -0.05) is 30.3 Å². The lowest BCUT2D eigenvalue weighted by molar-refractivity contribution is -0.385. The summed E-state index contributed by atoms with van der Waals surface area (Å²) in [5.41, 5.74) is 5.35. The van der Waals surface area contributed by atoms with E-state index >= 15 is 0 Å². The number of nitro groups is 1. The van der Waals surface area contributed by atoms with Crippen molar-refractivity contribution in [3.63, 3.8) is 0 Å². The maximum absolute atomic E-state index is 13.4. The van der Waals surface area contributed by atoms with Crippen molar-refractivity contribution in [2.24, 2.45) is 10.2 Å². The number of ketones is 2. The Kier molecular flexibility index (Phi) is 6.01. The number of benzene rings is 3. The summed E-state index contributed by atoms with van der Waals surface area (Å²) in [5, 5.41) is 43.0. The molecule has 0 atom stereocenters. The molecule has 1 aliphatic carbocycles. The molecule has 0 spiro atoms. The number of nitrogen functional groups attached to an aromatic ring is 1. The van der Waals surface area contributed by atoms with E-state index in [9.17, 15) is 30.1 Å². The first kappa shape index (κ1) is 24.7. The molecular formula is C27H17N7O5. The average molecular weight is 519 g/mol. The Morgan fingerprint density at radius 2 is 1.74 bits per heavy atom. The number of nitriles is 1. The first-order valence-corrected chi connectivity index (χ1v) is 11.4. The Morgan fingerprint density at radius 3 is 2.44 bits per heavy atom. The predicted molar refractivity (Wildman–Crippen MR) is 140 cm³/mol. The second-order valence-corrected chi connectivity index (χ2v) is 8.47. The minimum atomic E-state index is -0.887. The smallest absolute Gasteiger partial charge is 0.281 e. The molecule has 0 fully saturated rings. The van der Waals surface area contributed by atoms with Crippen molar-refractivity contribution < 1.29 is 19.6 Å². The number of fused-ring (bicyclic) bond motifs is 2. The lowest BCUT2D eigenvalue weighted by atomic mass is 9.82. The summed E-state index contributed by atoms with van der Waals surface area (Å²) in [7, 11) is 0. The standard InChI is InChI=1S/C27H17N7O5/c1-13-16(12-28)27(30-14-6-3-2-4-7-14)31-26(29)23(13)33-32-17-10-11-18(34(38)39)22-21(17)24(36)15-8-5-9-19(35)20(15)25(22)37/h2-11,35H,1H3,(H3,29,30,31). The molecule has 0 radical (unpaired) electrons. The molecule has 4 N–H and O–H groups in total. The van der Waals surface area contributed by atoms with Crippen LogP contribution in [-0.4, -0.2) is 26.6 Å². The second kappa shape index (κ2) is 9.49. The molecule has 0 bridgehead atoms. The van der Waals surface area contributed by atoms with Crippen LogP contribution in [0, 0.1) is 28.4 Å². The Balaban J connectivity index is 1.63. The van der Waals surface area contributed by atoms with Gasteiger partial charge < -0.3 is 16.2 Å². The van der Waals surface area contributed by atoms with Crippen molar-refractivity contribution in [1.29, 1.82) is 5.26 Å². The van der Waals surface area contributed by atoms with Gasteiger partial charge in [-0.25, -0.2) is 4.98 Å². The van der Waals surface area contributed by atoms with Gasteiger partial charge in [-0.2, -0.15) is 5.26 Å². The quantitative estimate of drug-likeness (QED) is 0.155. The number of hydrogen-bond donors (Lipinski definition) is 3. The Hall–Kier alpha value is -5.96. The normalized spacial score (nSPS) is 12.1. The fourth-order valence-corrected chi connectivity index (χ4v) is 4.34. The number of pyridine rings is 1. The third-order valence-corrected chi connectivity index (χ3v) is 6.17. The van der Waals surface area contributed by atoms with Gasteiger partial charge in [0.1, 0.15) is 23.1 Å². The van der Waals surface area contributed by atoms with Crippen molar-refractivity contribution in [3.05, 3.63) is 104 Å². The predicted octanol–water partition coefficient (Wildman–Crippen LogP) is 5.39. The number of aromatic nitrogens is 1. The zero-order chi connectivity index (χ0) is 27.8. The van der Waals surface area contributed by atoms with Gasteiger partial charge in [0.2, 0.25) is 5.78 Å². The van der Waals surface area contributed by atoms with Gasteiger partial charge in [0.15, 0.2) is 17.4 Å². The third-order valence-electron chi connectivity index (χ3n) is 6.17. The van der Waals surface area contributed by atoms with Crippen molar-refractivity contribution in [1.82, 2.24) is 4.98 Å². The number of anilines is 3. The summed E-state index contributed by atoms with van der Waals surface area (Å²) in [4.78, 5) is 41.8. The Morgan fingerprint density at radius 1 is 1.00 bits per heavy atom. The van der Waals surface area contributed by atoms with E-state index in [0.717, 1.165) is 6.07 Å².